The number of hydrogen-bond acceptors (Lipinski definition) is 11. The number of methoxy groups -OCH3 is 3. The number of pyridine rings is 1. The molecule has 0 radical (unpaired) electrons. The summed E-state index contributed by atoms with van der Waals surface area (Å²) in [7, 11) is 4.75. The largest absolute Gasteiger partial charge is 0.495 e. The van der Waals surface area contributed by atoms with Crippen LogP contribution in [-0.4, -0.2) is 92.1 Å². The van der Waals surface area contributed by atoms with Crippen LogP contribution in [0.3, 0.4) is 0 Å². The molecule has 3 aromatic rings. The minimum absolute atomic E-state index is 0.0794. The molecule has 11 nitrogen and oxygen atoms in total. The maximum absolute atomic E-state index is 9.97. The molecule has 2 aromatic heterocycles. The average Bonchev–Trinajstić information content (AvgIpc) is 3.62. The van der Waals surface area contributed by atoms with E-state index in [0.717, 1.165) is 18.4 Å². The summed E-state index contributed by atoms with van der Waals surface area (Å²) in [5.74, 6) is 2.44. The fraction of sp³-hybridized carbons (Fsp3) is 0.444. The smallest absolute Gasteiger partial charge is 0.165 e. The number of aromatic nitrogens is 3. The van der Waals surface area contributed by atoms with Crippen molar-refractivity contribution in [3.63, 3.8) is 0 Å². The summed E-state index contributed by atoms with van der Waals surface area (Å²) in [5, 5.41) is 17.8. The van der Waals surface area contributed by atoms with Crippen molar-refractivity contribution >= 4 is 45.7 Å². The number of fused-ring (bicyclic) bond motifs is 1. The lowest BCUT2D eigenvalue weighted by atomic mass is 10.1. The molecule has 2 fully saturated rings. The molecule has 0 amide bonds. The molecule has 13 heteroatoms. The summed E-state index contributed by atoms with van der Waals surface area (Å²) in [6.45, 7) is 5.94. The molecule has 0 aliphatic carbocycles. The van der Waals surface area contributed by atoms with E-state index < -0.39 is 6.23 Å². The van der Waals surface area contributed by atoms with Crippen LogP contribution in [0.4, 0.5) is 11.6 Å². The van der Waals surface area contributed by atoms with Gasteiger partial charge in [0.25, 0.3) is 0 Å². The zero-order valence-corrected chi connectivity index (χ0v) is 24.0. The number of anilines is 2. The maximum atomic E-state index is 9.97. The molecule has 40 heavy (non-hydrogen) atoms. The highest BCUT2D eigenvalue weighted by molar-refractivity contribution is 6.41. The van der Waals surface area contributed by atoms with Crippen molar-refractivity contribution in [2.45, 2.75) is 30.8 Å². The van der Waals surface area contributed by atoms with Gasteiger partial charge in [-0.3, -0.25) is 5.32 Å². The maximum Gasteiger partial charge on any atom is 0.165 e. The second kappa shape index (κ2) is 12.3. The van der Waals surface area contributed by atoms with Crippen molar-refractivity contribution in [2.24, 2.45) is 0 Å². The van der Waals surface area contributed by atoms with E-state index in [9.17, 15) is 5.11 Å². The number of aliphatic hydroxyl groups excluding tert-OH is 1. The van der Waals surface area contributed by atoms with Crippen LogP contribution in [0, 0.1) is 0 Å². The van der Waals surface area contributed by atoms with Crippen LogP contribution in [-0.2, 0) is 9.47 Å². The Morgan fingerprint density at radius 2 is 1.85 bits per heavy atom. The lowest BCUT2D eigenvalue weighted by Gasteiger charge is -2.23. The molecule has 0 bridgehead atoms. The lowest BCUT2D eigenvalue weighted by Crippen LogP contribution is -2.47. The summed E-state index contributed by atoms with van der Waals surface area (Å²) in [6, 6.07) is 3.30. The van der Waals surface area contributed by atoms with Crippen LogP contribution in [0.15, 0.2) is 31.0 Å². The highest BCUT2D eigenvalue weighted by Crippen LogP contribution is 2.46. The topological polar surface area (TPSA) is 123 Å². The van der Waals surface area contributed by atoms with Crippen molar-refractivity contribution in [3.8, 4) is 22.9 Å². The molecule has 2 saturated heterocycles. The normalized spacial score (nSPS) is 21.6. The van der Waals surface area contributed by atoms with Crippen LogP contribution in [0.25, 0.3) is 22.3 Å². The first-order valence-corrected chi connectivity index (χ1v) is 13.6. The van der Waals surface area contributed by atoms with E-state index in [1.54, 1.807) is 19.4 Å². The monoisotopic (exact) mass is 590 g/mol. The van der Waals surface area contributed by atoms with E-state index in [1.165, 1.54) is 20.3 Å². The SMILES string of the molecule is C=CC(O)N[C@H]1COC[C@H]1Nc1cc2c(N3CCC(OC)C3)nc(-c3c(Cl)c(OC)cc(OC)c3Cl)nc2cn1. The number of ether oxygens (including phenoxy) is 4. The van der Waals surface area contributed by atoms with Crippen molar-refractivity contribution < 1.29 is 24.1 Å². The molecule has 2 aliphatic heterocycles. The van der Waals surface area contributed by atoms with Crippen molar-refractivity contribution in [2.75, 3.05) is 57.8 Å². The van der Waals surface area contributed by atoms with Crippen LogP contribution < -0.4 is 25.0 Å². The highest BCUT2D eigenvalue weighted by Gasteiger charge is 2.31. The van der Waals surface area contributed by atoms with Crippen LogP contribution in [0.1, 0.15) is 6.42 Å². The Bertz CT molecular complexity index is 1370. The molecule has 214 valence electrons. The van der Waals surface area contributed by atoms with Crippen LogP contribution in [0.5, 0.6) is 11.5 Å². The van der Waals surface area contributed by atoms with Gasteiger partial charge in [-0.05, 0) is 18.6 Å². The number of rotatable bonds is 10. The van der Waals surface area contributed by atoms with Gasteiger partial charge in [-0.2, -0.15) is 0 Å². The van der Waals surface area contributed by atoms with Gasteiger partial charge in [0.15, 0.2) is 5.82 Å². The molecule has 2 aliphatic rings. The molecule has 2 unspecified atom stereocenters. The summed E-state index contributed by atoms with van der Waals surface area (Å²) in [4.78, 5) is 16.6. The highest BCUT2D eigenvalue weighted by atomic mass is 35.5. The van der Waals surface area contributed by atoms with E-state index in [4.69, 9.17) is 52.1 Å². The standard InChI is InChI=1S/C27H32Cl2N6O5/c1-5-22(36)32-18-13-40-12-17(18)31-21-8-15-16(10-30-21)33-26(34-27(15)35-7-6-14(11-35)37-2)23-24(28)19(38-3)9-20(39-4)25(23)29/h5,8-10,14,17-18,22,32,36H,1,6-7,11-13H2,2-4H3,(H,30,31)/t14?,17-,18+,22?/m1/s1. The predicted molar refractivity (Wildman–Crippen MR) is 155 cm³/mol. The minimum Gasteiger partial charge on any atom is -0.495 e. The Kier molecular flexibility index (Phi) is 8.79. The first kappa shape index (κ1) is 28.6. The molecular weight excluding hydrogens is 559 g/mol. The van der Waals surface area contributed by atoms with Gasteiger partial charge in [0.2, 0.25) is 0 Å². The molecule has 5 rings (SSSR count). The number of benzene rings is 1. The summed E-state index contributed by atoms with van der Waals surface area (Å²) in [6.07, 6.45) is 3.23. The Labute approximate surface area is 242 Å². The second-order valence-electron chi connectivity index (χ2n) is 9.58. The molecule has 0 saturated carbocycles. The van der Waals surface area contributed by atoms with Gasteiger partial charge in [0.05, 0.1) is 72.9 Å². The second-order valence-corrected chi connectivity index (χ2v) is 10.3. The zero-order chi connectivity index (χ0) is 28.4. The molecular formula is C27H32Cl2N6O5. The van der Waals surface area contributed by atoms with Crippen molar-refractivity contribution in [3.05, 3.63) is 41.0 Å². The summed E-state index contributed by atoms with van der Waals surface area (Å²) < 4.78 is 22.2. The van der Waals surface area contributed by atoms with Gasteiger partial charge >= 0.3 is 0 Å². The molecule has 4 heterocycles. The lowest BCUT2D eigenvalue weighted by molar-refractivity contribution is 0.121. The molecule has 4 atom stereocenters. The molecule has 3 N–H and O–H groups in total. The Balaban J connectivity index is 1.59. The third-order valence-electron chi connectivity index (χ3n) is 7.16. The predicted octanol–water partition coefficient (Wildman–Crippen LogP) is 3.51. The van der Waals surface area contributed by atoms with Gasteiger partial charge in [-0.1, -0.05) is 29.8 Å². The fourth-order valence-electron chi connectivity index (χ4n) is 4.98. The Hall–Kier alpha value is -2.93. The Morgan fingerprint density at radius 3 is 2.50 bits per heavy atom. The van der Waals surface area contributed by atoms with E-state index >= 15 is 0 Å². The van der Waals surface area contributed by atoms with Crippen molar-refractivity contribution in [1.29, 1.82) is 0 Å². The molecule has 0 spiro atoms. The average molecular weight is 591 g/mol. The van der Waals surface area contributed by atoms with Gasteiger partial charge in [0, 0.05) is 31.7 Å². The summed E-state index contributed by atoms with van der Waals surface area (Å²) in [5.41, 5.74) is 1.02. The van der Waals surface area contributed by atoms with Gasteiger partial charge < -0.3 is 34.3 Å². The third kappa shape index (κ3) is 5.63. The first-order valence-electron chi connectivity index (χ1n) is 12.8. The summed E-state index contributed by atoms with van der Waals surface area (Å²) >= 11 is 13.4. The van der Waals surface area contributed by atoms with Crippen LogP contribution >= 0.6 is 23.2 Å². The third-order valence-corrected chi connectivity index (χ3v) is 7.91. The zero-order valence-electron chi connectivity index (χ0n) is 22.5. The van der Waals surface area contributed by atoms with Crippen LogP contribution in [0.2, 0.25) is 10.0 Å². The number of aliphatic hydroxyl groups is 1. The quantitative estimate of drug-likeness (QED) is 0.237. The first-order chi connectivity index (χ1) is 19.4. The minimum atomic E-state index is -0.836. The Morgan fingerprint density at radius 1 is 1.12 bits per heavy atom. The van der Waals surface area contributed by atoms with E-state index in [2.05, 4.69) is 27.1 Å². The molecule has 1 aromatic carbocycles. The van der Waals surface area contributed by atoms with E-state index in [-0.39, 0.29) is 28.2 Å². The number of nitrogens with one attached hydrogen (secondary N) is 2. The van der Waals surface area contributed by atoms with Gasteiger partial charge in [-0.25, -0.2) is 15.0 Å². The van der Waals surface area contributed by atoms with Gasteiger partial charge in [0.1, 0.15) is 29.4 Å². The fourth-order valence-corrected chi connectivity index (χ4v) is 5.65. The van der Waals surface area contributed by atoms with Gasteiger partial charge in [-0.15, -0.1) is 0 Å². The van der Waals surface area contributed by atoms with E-state index in [0.29, 0.717) is 59.8 Å². The number of nitrogens with zero attached hydrogens (tertiary/aromatic N) is 4. The van der Waals surface area contributed by atoms with E-state index in [1.807, 2.05) is 6.07 Å². The van der Waals surface area contributed by atoms with Crippen molar-refractivity contribution in [1.82, 2.24) is 20.3 Å². The number of hydrogen-bond donors (Lipinski definition) is 3. The number of halogens is 2.